The van der Waals surface area contributed by atoms with Crippen LogP contribution >= 0.6 is 0 Å². The third-order valence-corrected chi connectivity index (χ3v) is 3.14. The average Bonchev–Trinajstić information content (AvgIpc) is 2.82. The Morgan fingerprint density at radius 2 is 1.81 bits per heavy atom. The molecule has 3 rings (SSSR count). The highest BCUT2D eigenvalue weighted by molar-refractivity contribution is 5.68. The van der Waals surface area contributed by atoms with Gasteiger partial charge in [-0.15, -0.1) is 0 Å². The first-order chi connectivity index (χ1) is 9.86. The smallest absolute Gasteiger partial charge is 0.384 e. The maximum atomic E-state index is 12.9. The van der Waals surface area contributed by atoms with Gasteiger partial charge in [0.25, 0.3) is 0 Å². The minimum atomic E-state index is -4.52. The van der Waals surface area contributed by atoms with Crippen LogP contribution in [0.3, 0.4) is 0 Å². The molecule has 2 N–H and O–H groups in total. The molecule has 3 aromatic rings. The van der Waals surface area contributed by atoms with E-state index in [-0.39, 0.29) is 11.5 Å². The second-order valence-electron chi connectivity index (χ2n) is 4.72. The molecule has 0 aliphatic heterocycles. The Kier molecular flexibility index (Phi) is 2.86. The fourth-order valence-electron chi connectivity index (χ4n) is 2.11. The number of aromatic nitrogens is 3. The van der Waals surface area contributed by atoms with Crippen LogP contribution in [0.5, 0.6) is 0 Å². The van der Waals surface area contributed by atoms with Crippen molar-refractivity contribution in [1.82, 2.24) is 14.6 Å². The number of benzene rings is 1. The molecule has 0 aliphatic rings. The number of nitrogens with zero attached hydrogens (tertiary/aromatic N) is 3. The Balaban J connectivity index is 2.29. The number of aryl methyl sites for hydroxylation is 1. The quantitative estimate of drug-likeness (QED) is 0.748. The highest BCUT2D eigenvalue weighted by atomic mass is 19.4. The first-order valence-corrected chi connectivity index (χ1v) is 6.15. The maximum Gasteiger partial charge on any atom is 0.421 e. The number of nitrogens with two attached hydrogens (primary N) is 1. The number of anilines is 1. The Morgan fingerprint density at radius 3 is 2.43 bits per heavy atom. The minimum Gasteiger partial charge on any atom is -0.384 e. The van der Waals surface area contributed by atoms with E-state index in [0.29, 0.717) is 5.69 Å². The van der Waals surface area contributed by atoms with Gasteiger partial charge in [-0.1, -0.05) is 29.8 Å². The van der Waals surface area contributed by atoms with Crippen molar-refractivity contribution in [1.29, 1.82) is 0 Å². The summed E-state index contributed by atoms with van der Waals surface area (Å²) < 4.78 is 40.0. The van der Waals surface area contributed by atoms with Gasteiger partial charge in [0.05, 0.1) is 11.9 Å². The first-order valence-electron chi connectivity index (χ1n) is 6.15. The standard InChI is InChI=1S/C14H11F3N4/c1-8-2-4-9(5-3-8)11-6-12(18)20-13-10(14(15,16)17)7-19-21(11)13/h2-7H,1H3,(H2,18,20). The molecule has 0 fully saturated rings. The highest BCUT2D eigenvalue weighted by Gasteiger charge is 2.35. The molecule has 0 saturated carbocycles. The molecule has 4 nitrogen and oxygen atoms in total. The van der Waals surface area contributed by atoms with Gasteiger partial charge >= 0.3 is 6.18 Å². The van der Waals surface area contributed by atoms with Gasteiger partial charge in [0.1, 0.15) is 11.4 Å². The first kappa shape index (κ1) is 13.4. The Hall–Kier alpha value is -2.57. The predicted molar refractivity (Wildman–Crippen MR) is 72.6 cm³/mol. The Labute approximate surface area is 118 Å². The lowest BCUT2D eigenvalue weighted by Gasteiger charge is -2.08. The third kappa shape index (κ3) is 2.31. The number of rotatable bonds is 1. The van der Waals surface area contributed by atoms with Crippen molar-refractivity contribution in [2.75, 3.05) is 5.73 Å². The summed E-state index contributed by atoms with van der Waals surface area (Å²) in [7, 11) is 0. The molecular formula is C14H11F3N4. The highest BCUT2D eigenvalue weighted by Crippen LogP contribution is 2.33. The van der Waals surface area contributed by atoms with Crippen molar-refractivity contribution in [3.05, 3.63) is 47.7 Å². The van der Waals surface area contributed by atoms with Crippen LogP contribution in [0.4, 0.5) is 19.0 Å². The van der Waals surface area contributed by atoms with Crippen molar-refractivity contribution >= 4 is 11.5 Å². The summed E-state index contributed by atoms with van der Waals surface area (Å²) in [6.07, 6.45) is -3.76. The van der Waals surface area contributed by atoms with Crippen LogP contribution in [-0.2, 0) is 6.18 Å². The van der Waals surface area contributed by atoms with Crippen molar-refractivity contribution in [3.8, 4) is 11.3 Å². The number of halogens is 3. The number of nitrogen functional groups attached to an aromatic ring is 1. The van der Waals surface area contributed by atoms with Crippen molar-refractivity contribution < 1.29 is 13.2 Å². The van der Waals surface area contributed by atoms with Gasteiger partial charge < -0.3 is 5.73 Å². The molecule has 2 heterocycles. The summed E-state index contributed by atoms with van der Waals surface area (Å²) in [6, 6.07) is 8.85. The molecule has 0 radical (unpaired) electrons. The average molecular weight is 292 g/mol. The van der Waals surface area contributed by atoms with E-state index in [2.05, 4.69) is 10.1 Å². The summed E-state index contributed by atoms with van der Waals surface area (Å²) in [4.78, 5) is 3.76. The summed E-state index contributed by atoms with van der Waals surface area (Å²) >= 11 is 0. The van der Waals surface area contributed by atoms with E-state index in [1.807, 2.05) is 19.1 Å². The molecular weight excluding hydrogens is 281 g/mol. The SMILES string of the molecule is Cc1ccc(-c2cc(N)nc3c(C(F)(F)F)cnn23)cc1. The maximum absolute atomic E-state index is 12.9. The van der Waals surface area contributed by atoms with Crippen LogP contribution in [0.1, 0.15) is 11.1 Å². The second kappa shape index (κ2) is 4.47. The van der Waals surface area contributed by atoms with Gasteiger partial charge in [0.2, 0.25) is 0 Å². The number of fused-ring (bicyclic) bond motifs is 1. The molecule has 108 valence electrons. The van der Waals surface area contributed by atoms with E-state index in [0.717, 1.165) is 21.8 Å². The van der Waals surface area contributed by atoms with Crippen LogP contribution in [0.2, 0.25) is 0 Å². The van der Waals surface area contributed by atoms with Crippen LogP contribution in [-0.4, -0.2) is 14.6 Å². The lowest BCUT2D eigenvalue weighted by Crippen LogP contribution is -2.07. The molecule has 0 aliphatic carbocycles. The Morgan fingerprint density at radius 1 is 1.14 bits per heavy atom. The van der Waals surface area contributed by atoms with Gasteiger partial charge in [-0.2, -0.15) is 18.3 Å². The number of alkyl halides is 3. The van der Waals surface area contributed by atoms with Gasteiger partial charge in [-0.3, -0.25) is 0 Å². The molecule has 0 saturated heterocycles. The predicted octanol–water partition coefficient (Wildman–Crippen LogP) is 3.31. The van der Waals surface area contributed by atoms with Crippen LogP contribution < -0.4 is 5.73 Å². The zero-order valence-electron chi connectivity index (χ0n) is 11.0. The zero-order valence-corrected chi connectivity index (χ0v) is 11.0. The molecule has 0 bridgehead atoms. The lowest BCUT2D eigenvalue weighted by molar-refractivity contribution is -0.136. The summed E-state index contributed by atoms with van der Waals surface area (Å²) in [5.74, 6) is 0.0177. The molecule has 7 heteroatoms. The molecule has 2 aromatic heterocycles. The topological polar surface area (TPSA) is 56.2 Å². The van der Waals surface area contributed by atoms with Crippen LogP contribution in [0.15, 0.2) is 36.5 Å². The Bertz CT molecular complexity index is 803. The van der Waals surface area contributed by atoms with Gasteiger partial charge in [0, 0.05) is 11.6 Å². The zero-order chi connectivity index (χ0) is 15.2. The van der Waals surface area contributed by atoms with Gasteiger partial charge in [-0.05, 0) is 6.92 Å². The van der Waals surface area contributed by atoms with E-state index >= 15 is 0 Å². The van der Waals surface area contributed by atoms with E-state index < -0.39 is 11.7 Å². The summed E-state index contributed by atoms with van der Waals surface area (Å²) in [5.41, 5.74) is 6.68. The summed E-state index contributed by atoms with van der Waals surface area (Å²) in [6.45, 7) is 1.93. The molecule has 0 unspecified atom stereocenters. The monoisotopic (exact) mass is 292 g/mol. The molecule has 21 heavy (non-hydrogen) atoms. The molecule has 0 atom stereocenters. The number of hydrogen-bond acceptors (Lipinski definition) is 3. The van der Waals surface area contributed by atoms with Crippen LogP contribution in [0.25, 0.3) is 16.9 Å². The fraction of sp³-hybridized carbons (Fsp3) is 0.143. The fourth-order valence-corrected chi connectivity index (χ4v) is 2.11. The summed E-state index contributed by atoms with van der Waals surface area (Å²) in [5, 5.41) is 3.80. The molecule has 0 spiro atoms. The normalized spacial score (nSPS) is 12.0. The van der Waals surface area contributed by atoms with Crippen molar-refractivity contribution in [2.24, 2.45) is 0 Å². The van der Waals surface area contributed by atoms with E-state index in [1.165, 1.54) is 6.07 Å². The lowest BCUT2D eigenvalue weighted by atomic mass is 10.1. The molecule has 0 amide bonds. The largest absolute Gasteiger partial charge is 0.421 e. The van der Waals surface area contributed by atoms with Crippen molar-refractivity contribution in [3.63, 3.8) is 0 Å². The van der Waals surface area contributed by atoms with E-state index in [4.69, 9.17) is 5.73 Å². The van der Waals surface area contributed by atoms with E-state index in [9.17, 15) is 13.2 Å². The second-order valence-corrected chi connectivity index (χ2v) is 4.72. The number of hydrogen-bond donors (Lipinski definition) is 1. The van der Waals surface area contributed by atoms with Crippen molar-refractivity contribution in [2.45, 2.75) is 13.1 Å². The molecule has 1 aromatic carbocycles. The van der Waals surface area contributed by atoms with Gasteiger partial charge in [0.15, 0.2) is 5.65 Å². The third-order valence-electron chi connectivity index (χ3n) is 3.14. The van der Waals surface area contributed by atoms with Crippen LogP contribution in [0, 0.1) is 6.92 Å². The minimum absolute atomic E-state index is 0.0177. The van der Waals surface area contributed by atoms with Gasteiger partial charge in [-0.25, -0.2) is 9.50 Å². The van der Waals surface area contributed by atoms with E-state index in [1.54, 1.807) is 12.1 Å².